The number of likely N-dealkylation sites (tertiary alicyclic amines) is 1. The second kappa shape index (κ2) is 8.94. The Kier molecular flexibility index (Phi) is 6.18. The molecular formula is C25H23Cl2N3O5S. The number of hydrogen-bond donors (Lipinski definition) is 1. The highest BCUT2D eigenvalue weighted by Crippen LogP contribution is 2.44. The summed E-state index contributed by atoms with van der Waals surface area (Å²) in [6.45, 7) is -0.185. The van der Waals surface area contributed by atoms with E-state index in [0.29, 0.717) is 36.5 Å². The Morgan fingerprint density at radius 3 is 2.31 bits per heavy atom. The average molecular weight is 548 g/mol. The van der Waals surface area contributed by atoms with Crippen molar-refractivity contribution in [2.75, 3.05) is 6.54 Å². The van der Waals surface area contributed by atoms with Crippen molar-refractivity contribution in [3.63, 3.8) is 0 Å². The zero-order valence-electron chi connectivity index (χ0n) is 19.1. The Bertz CT molecular complexity index is 1360. The predicted octanol–water partition coefficient (Wildman–Crippen LogP) is 3.52. The first-order valence-electron chi connectivity index (χ1n) is 11.6. The zero-order valence-corrected chi connectivity index (χ0v) is 21.4. The number of ether oxygens (including phenoxy) is 1. The number of carbonyl (C=O) groups is 2. The standard InChI is InChI=1S/C25H23Cl2N3O5S/c26-16-5-7-17(8-6-16)35-25(11-12-25)23(32)30-14-18(36(33,34)21-4-2-1-3-19(21)27)13-20(30)22(31)29-24(15-28)9-10-24/h1-8,18,20H,9-14H2,(H,29,31). The molecule has 1 aliphatic heterocycles. The molecule has 36 heavy (non-hydrogen) atoms. The van der Waals surface area contributed by atoms with Crippen molar-refractivity contribution < 1.29 is 22.7 Å². The van der Waals surface area contributed by atoms with E-state index in [1.165, 1.54) is 17.0 Å². The maximum atomic E-state index is 13.8. The van der Waals surface area contributed by atoms with Gasteiger partial charge >= 0.3 is 0 Å². The Hall–Kier alpha value is -2.80. The quantitative estimate of drug-likeness (QED) is 0.566. The molecule has 1 N–H and O–H groups in total. The summed E-state index contributed by atoms with van der Waals surface area (Å²) < 4.78 is 33.0. The largest absolute Gasteiger partial charge is 0.477 e. The highest BCUT2D eigenvalue weighted by atomic mass is 35.5. The molecule has 2 aromatic rings. The highest BCUT2D eigenvalue weighted by molar-refractivity contribution is 7.92. The summed E-state index contributed by atoms with van der Waals surface area (Å²) in [6.07, 6.45) is 1.79. The van der Waals surface area contributed by atoms with E-state index in [4.69, 9.17) is 27.9 Å². The predicted molar refractivity (Wildman–Crippen MR) is 132 cm³/mol. The molecule has 188 valence electrons. The van der Waals surface area contributed by atoms with Gasteiger partial charge in [-0.1, -0.05) is 35.3 Å². The topological polar surface area (TPSA) is 117 Å². The highest BCUT2D eigenvalue weighted by Gasteiger charge is 2.59. The molecule has 2 aliphatic carbocycles. The van der Waals surface area contributed by atoms with Crippen LogP contribution in [0.3, 0.4) is 0 Å². The molecule has 2 aromatic carbocycles. The van der Waals surface area contributed by atoms with Crippen molar-refractivity contribution in [1.29, 1.82) is 5.26 Å². The minimum atomic E-state index is -3.95. The molecule has 8 nitrogen and oxygen atoms in total. The van der Waals surface area contributed by atoms with Gasteiger partial charge < -0.3 is 15.0 Å². The fraction of sp³-hybridized carbons (Fsp3) is 0.400. The third kappa shape index (κ3) is 4.54. The van der Waals surface area contributed by atoms with Gasteiger partial charge in [0, 0.05) is 24.4 Å². The molecule has 11 heteroatoms. The van der Waals surface area contributed by atoms with Gasteiger partial charge in [0.05, 0.1) is 21.2 Å². The van der Waals surface area contributed by atoms with Gasteiger partial charge in [-0.3, -0.25) is 9.59 Å². The fourth-order valence-electron chi connectivity index (χ4n) is 4.52. The molecule has 0 spiro atoms. The van der Waals surface area contributed by atoms with E-state index < -0.39 is 44.1 Å². The molecule has 2 unspecified atom stereocenters. The monoisotopic (exact) mass is 547 g/mol. The number of nitriles is 1. The summed E-state index contributed by atoms with van der Waals surface area (Å²) in [4.78, 5) is 28.3. The molecular weight excluding hydrogens is 525 g/mol. The van der Waals surface area contributed by atoms with Gasteiger partial charge in [-0.05, 0) is 55.7 Å². The normalized spacial score (nSPS) is 23.4. The number of halogens is 2. The maximum absolute atomic E-state index is 13.8. The third-order valence-electron chi connectivity index (χ3n) is 6.96. The minimum absolute atomic E-state index is 0.0423. The van der Waals surface area contributed by atoms with Crippen LogP contribution >= 0.6 is 23.2 Å². The van der Waals surface area contributed by atoms with E-state index in [1.807, 2.05) is 0 Å². The summed E-state index contributed by atoms with van der Waals surface area (Å²) >= 11 is 12.1. The van der Waals surface area contributed by atoms with Crippen LogP contribution in [0.25, 0.3) is 0 Å². The van der Waals surface area contributed by atoms with Crippen molar-refractivity contribution in [1.82, 2.24) is 10.2 Å². The van der Waals surface area contributed by atoms with Crippen LogP contribution in [0, 0.1) is 11.3 Å². The Labute approximate surface area is 219 Å². The summed E-state index contributed by atoms with van der Waals surface area (Å²) in [5, 5.41) is 11.7. The molecule has 2 amide bonds. The second-order valence-corrected chi connectivity index (χ2v) is 12.6. The summed E-state index contributed by atoms with van der Waals surface area (Å²) in [7, 11) is -3.95. The number of sulfone groups is 1. The third-order valence-corrected chi connectivity index (χ3v) is 9.84. The van der Waals surface area contributed by atoms with E-state index in [-0.39, 0.29) is 22.9 Å². The van der Waals surface area contributed by atoms with Crippen molar-refractivity contribution >= 4 is 44.9 Å². The molecule has 0 aromatic heterocycles. The van der Waals surface area contributed by atoms with E-state index in [1.54, 1.807) is 36.4 Å². The lowest BCUT2D eigenvalue weighted by molar-refractivity contribution is -0.145. The molecule has 3 fully saturated rings. The van der Waals surface area contributed by atoms with Crippen molar-refractivity contribution in [2.45, 2.75) is 59.4 Å². The van der Waals surface area contributed by atoms with E-state index >= 15 is 0 Å². The minimum Gasteiger partial charge on any atom is -0.477 e. The van der Waals surface area contributed by atoms with Gasteiger partial charge in [0.2, 0.25) is 5.91 Å². The van der Waals surface area contributed by atoms with Crippen LogP contribution in [0.2, 0.25) is 10.0 Å². The summed E-state index contributed by atoms with van der Waals surface area (Å²) in [6, 6.07) is 13.7. The van der Waals surface area contributed by atoms with Gasteiger partial charge in [0.1, 0.15) is 17.3 Å². The van der Waals surface area contributed by atoms with Crippen molar-refractivity contribution in [2.24, 2.45) is 0 Å². The lowest BCUT2D eigenvalue weighted by Gasteiger charge is -2.29. The first kappa shape index (κ1) is 24.9. The fourth-order valence-corrected chi connectivity index (χ4v) is 6.87. The molecule has 0 bridgehead atoms. The first-order chi connectivity index (χ1) is 17.1. The Balaban J connectivity index is 1.43. The van der Waals surface area contributed by atoms with Gasteiger partial charge in [-0.15, -0.1) is 0 Å². The number of rotatable bonds is 7. The van der Waals surface area contributed by atoms with Gasteiger partial charge in [-0.2, -0.15) is 5.26 Å². The maximum Gasteiger partial charge on any atom is 0.267 e. The van der Waals surface area contributed by atoms with Crippen molar-refractivity contribution in [3.05, 3.63) is 58.6 Å². The van der Waals surface area contributed by atoms with Crippen LogP contribution in [-0.2, 0) is 19.4 Å². The van der Waals surface area contributed by atoms with Crippen LogP contribution in [0.4, 0.5) is 0 Å². The lowest BCUT2D eigenvalue weighted by Crippen LogP contribution is -2.53. The molecule has 3 aliphatic rings. The number of amides is 2. The summed E-state index contributed by atoms with van der Waals surface area (Å²) in [5.74, 6) is -0.537. The van der Waals surface area contributed by atoms with Crippen LogP contribution in [0.15, 0.2) is 53.4 Å². The average Bonchev–Trinajstić information content (AvgIpc) is 3.77. The second-order valence-electron chi connectivity index (χ2n) is 9.54. The number of nitrogens with one attached hydrogen (secondary N) is 1. The zero-order chi connectivity index (χ0) is 25.7. The van der Waals surface area contributed by atoms with Gasteiger partial charge in [0.25, 0.3) is 5.91 Å². The number of carbonyl (C=O) groups excluding carboxylic acids is 2. The van der Waals surface area contributed by atoms with E-state index in [9.17, 15) is 23.3 Å². The van der Waals surface area contributed by atoms with Crippen LogP contribution in [0.1, 0.15) is 32.1 Å². The molecule has 2 atom stereocenters. The summed E-state index contributed by atoms with van der Waals surface area (Å²) in [5.41, 5.74) is -2.13. The van der Waals surface area contributed by atoms with Gasteiger partial charge in [0.15, 0.2) is 15.4 Å². The molecule has 2 saturated carbocycles. The lowest BCUT2D eigenvalue weighted by atomic mass is 10.1. The molecule has 1 saturated heterocycles. The van der Waals surface area contributed by atoms with Gasteiger partial charge in [-0.25, -0.2) is 8.42 Å². The van der Waals surface area contributed by atoms with E-state index in [2.05, 4.69) is 11.4 Å². The van der Waals surface area contributed by atoms with Crippen LogP contribution < -0.4 is 10.1 Å². The number of nitrogens with zero attached hydrogens (tertiary/aromatic N) is 2. The number of hydrogen-bond acceptors (Lipinski definition) is 6. The Morgan fingerprint density at radius 2 is 1.72 bits per heavy atom. The smallest absolute Gasteiger partial charge is 0.267 e. The Morgan fingerprint density at radius 1 is 1.06 bits per heavy atom. The molecule has 0 radical (unpaired) electrons. The molecule has 1 heterocycles. The van der Waals surface area contributed by atoms with Crippen molar-refractivity contribution in [3.8, 4) is 11.8 Å². The van der Waals surface area contributed by atoms with Crippen LogP contribution in [0.5, 0.6) is 5.75 Å². The first-order valence-corrected chi connectivity index (χ1v) is 13.9. The molecule has 5 rings (SSSR count). The number of benzene rings is 2. The van der Waals surface area contributed by atoms with Crippen LogP contribution in [-0.4, -0.2) is 54.1 Å². The van der Waals surface area contributed by atoms with E-state index in [0.717, 1.165) is 0 Å². The SMILES string of the molecule is N#CC1(NC(=O)C2CC(S(=O)(=O)c3ccccc3Cl)CN2C(=O)C2(Oc3ccc(Cl)cc3)CC2)CC1.